The van der Waals surface area contributed by atoms with Crippen molar-refractivity contribution in [2.24, 2.45) is 0 Å². The molecular weight excluding hydrogens is 458 g/mol. The van der Waals surface area contributed by atoms with Gasteiger partial charge in [-0.25, -0.2) is 0 Å². The van der Waals surface area contributed by atoms with Crippen LogP contribution in [0.25, 0.3) is 22.4 Å². The molecule has 0 saturated carbocycles. The average Bonchev–Trinajstić information content (AvgIpc) is 3.44. The molecule has 5 aromatic rings. The van der Waals surface area contributed by atoms with E-state index in [0.717, 1.165) is 41.0 Å². The number of benzene rings is 3. The van der Waals surface area contributed by atoms with Crippen LogP contribution >= 0.6 is 11.3 Å². The van der Waals surface area contributed by atoms with Crippen LogP contribution in [0.3, 0.4) is 0 Å². The normalized spacial score (nSPS) is 11.7. The van der Waals surface area contributed by atoms with Crippen LogP contribution in [0, 0.1) is 0 Å². The Balaban J connectivity index is 1.30. The number of rotatable bonds is 9. The molecular formula is C28H25N3O3S. The summed E-state index contributed by atoms with van der Waals surface area (Å²) in [6, 6.07) is 25.4. The second-order valence-corrected chi connectivity index (χ2v) is 9.12. The summed E-state index contributed by atoms with van der Waals surface area (Å²) in [6.07, 6.45) is 3.98. The summed E-state index contributed by atoms with van der Waals surface area (Å²) in [5, 5.41) is 4.44. The van der Waals surface area contributed by atoms with E-state index in [4.69, 9.17) is 9.47 Å². The van der Waals surface area contributed by atoms with Gasteiger partial charge in [0.05, 0.1) is 11.1 Å². The molecule has 3 aromatic carbocycles. The Labute approximate surface area is 207 Å². The number of unbranched alkanes of at least 4 members (excludes halogenated alkanes) is 1. The van der Waals surface area contributed by atoms with Crippen LogP contribution in [0.2, 0.25) is 0 Å². The second-order valence-electron chi connectivity index (χ2n) is 8.12. The lowest BCUT2D eigenvalue weighted by molar-refractivity contribution is 0.306. The number of hydrogen-bond donors (Lipinski definition) is 0. The van der Waals surface area contributed by atoms with Gasteiger partial charge in [0.1, 0.15) is 18.1 Å². The fraction of sp³-hybridized carbons (Fsp3) is 0.179. The third-order valence-electron chi connectivity index (χ3n) is 5.49. The maximum atomic E-state index is 12.9. The van der Waals surface area contributed by atoms with Crippen LogP contribution in [-0.4, -0.2) is 21.2 Å². The molecule has 2 aromatic heterocycles. The highest BCUT2D eigenvalue weighted by Gasteiger charge is 2.12. The van der Waals surface area contributed by atoms with E-state index in [-0.39, 0.29) is 5.56 Å². The summed E-state index contributed by atoms with van der Waals surface area (Å²) in [5.41, 5.74) is 2.70. The van der Waals surface area contributed by atoms with Crippen molar-refractivity contribution < 1.29 is 9.47 Å². The van der Waals surface area contributed by atoms with Gasteiger partial charge in [0.2, 0.25) is 4.96 Å². The van der Waals surface area contributed by atoms with Gasteiger partial charge in [0.25, 0.3) is 5.56 Å². The Hall–Kier alpha value is -3.97. The van der Waals surface area contributed by atoms with Gasteiger partial charge in [-0.1, -0.05) is 67.1 Å². The lowest BCUT2D eigenvalue weighted by atomic mass is 10.2. The zero-order chi connectivity index (χ0) is 24.0. The molecule has 0 N–H and O–H groups in total. The summed E-state index contributed by atoms with van der Waals surface area (Å²) in [4.78, 5) is 18.0. The van der Waals surface area contributed by atoms with Crippen molar-refractivity contribution in [2.75, 3.05) is 6.61 Å². The average molecular weight is 484 g/mol. The first-order chi connectivity index (χ1) is 17.2. The minimum Gasteiger partial charge on any atom is -0.494 e. The van der Waals surface area contributed by atoms with Gasteiger partial charge in [-0.15, -0.1) is 5.10 Å². The molecule has 0 saturated heterocycles. The third-order valence-corrected chi connectivity index (χ3v) is 6.45. The second kappa shape index (κ2) is 10.5. The maximum Gasteiger partial charge on any atom is 0.291 e. The molecule has 6 nitrogen and oxygen atoms in total. The first kappa shape index (κ1) is 22.8. The number of nitrogens with zero attached hydrogens (tertiary/aromatic N) is 3. The topological polar surface area (TPSA) is 65.7 Å². The van der Waals surface area contributed by atoms with Gasteiger partial charge >= 0.3 is 0 Å². The number of aromatic nitrogens is 3. The standard InChI is InChI=1S/C28H25N3O3S/c1-2-3-17-33-23-15-11-22(12-16-23)26-29-28-31(30-26)27(32)25(35-28)18-20-9-13-24(14-10-20)34-19-21-7-5-4-6-8-21/h4-16,18H,2-3,17,19H2,1H3/b25-18-. The lowest BCUT2D eigenvalue weighted by Crippen LogP contribution is -2.23. The molecule has 0 unspecified atom stereocenters. The van der Waals surface area contributed by atoms with E-state index in [1.165, 1.54) is 15.9 Å². The van der Waals surface area contributed by atoms with Crippen molar-refractivity contribution >= 4 is 22.4 Å². The van der Waals surface area contributed by atoms with E-state index in [2.05, 4.69) is 17.0 Å². The molecule has 2 heterocycles. The Morgan fingerprint density at radius 2 is 1.63 bits per heavy atom. The van der Waals surface area contributed by atoms with Crippen LogP contribution in [-0.2, 0) is 6.61 Å². The zero-order valence-corrected chi connectivity index (χ0v) is 20.2. The minimum atomic E-state index is -0.173. The van der Waals surface area contributed by atoms with E-state index in [0.29, 0.717) is 28.5 Å². The molecule has 7 heteroatoms. The van der Waals surface area contributed by atoms with Crippen molar-refractivity contribution in [3.63, 3.8) is 0 Å². The number of fused-ring (bicyclic) bond motifs is 1. The fourth-order valence-electron chi connectivity index (χ4n) is 3.54. The molecule has 0 spiro atoms. The quantitative estimate of drug-likeness (QED) is 0.272. The minimum absolute atomic E-state index is 0.173. The monoisotopic (exact) mass is 483 g/mol. The largest absolute Gasteiger partial charge is 0.494 e. The molecule has 0 radical (unpaired) electrons. The summed E-state index contributed by atoms with van der Waals surface area (Å²) >= 11 is 1.33. The lowest BCUT2D eigenvalue weighted by Gasteiger charge is -2.06. The molecule has 0 amide bonds. The molecule has 176 valence electrons. The number of thiazole rings is 1. The van der Waals surface area contributed by atoms with Gasteiger partial charge < -0.3 is 9.47 Å². The molecule has 0 bridgehead atoms. The van der Waals surface area contributed by atoms with Crippen LogP contribution < -0.4 is 19.6 Å². The van der Waals surface area contributed by atoms with Crippen molar-refractivity contribution in [1.29, 1.82) is 0 Å². The first-order valence-electron chi connectivity index (χ1n) is 11.6. The molecule has 35 heavy (non-hydrogen) atoms. The van der Waals surface area contributed by atoms with Gasteiger partial charge in [0.15, 0.2) is 5.82 Å². The van der Waals surface area contributed by atoms with Gasteiger partial charge in [-0.05, 0) is 60.0 Å². The van der Waals surface area contributed by atoms with Crippen LogP contribution in [0.5, 0.6) is 11.5 Å². The predicted molar refractivity (Wildman–Crippen MR) is 139 cm³/mol. The van der Waals surface area contributed by atoms with Gasteiger partial charge in [-0.3, -0.25) is 4.79 Å². The number of hydrogen-bond acceptors (Lipinski definition) is 6. The smallest absolute Gasteiger partial charge is 0.291 e. The van der Waals surface area contributed by atoms with Gasteiger partial charge in [0, 0.05) is 5.56 Å². The van der Waals surface area contributed by atoms with Crippen molar-refractivity contribution in [2.45, 2.75) is 26.4 Å². The van der Waals surface area contributed by atoms with E-state index in [1.54, 1.807) is 0 Å². The summed E-state index contributed by atoms with van der Waals surface area (Å²) in [5.74, 6) is 2.13. The first-order valence-corrected chi connectivity index (χ1v) is 12.4. The highest BCUT2D eigenvalue weighted by molar-refractivity contribution is 7.15. The third kappa shape index (κ3) is 5.41. The molecule has 0 aliphatic rings. The predicted octanol–water partition coefficient (Wildman–Crippen LogP) is 5.12. The van der Waals surface area contributed by atoms with E-state index in [9.17, 15) is 4.79 Å². The highest BCUT2D eigenvalue weighted by Crippen LogP contribution is 2.21. The Morgan fingerprint density at radius 3 is 2.34 bits per heavy atom. The van der Waals surface area contributed by atoms with Gasteiger partial charge in [-0.2, -0.15) is 9.50 Å². The van der Waals surface area contributed by atoms with Crippen LogP contribution in [0.4, 0.5) is 0 Å². The van der Waals surface area contributed by atoms with Crippen molar-refractivity contribution in [3.05, 3.63) is 105 Å². The molecule has 0 aliphatic heterocycles. The summed E-state index contributed by atoms with van der Waals surface area (Å²) in [6.45, 7) is 3.35. The van der Waals surface area contributed by atoms with E-state index >= 15 is 0 Å². The van der Waals surface area contributed by atoms with E-state index in [1.807, 2.05) is 84.9 Å². The van der Waals surface area contributed by atoms with Crippen LogP contribution in [0.1, 0.15) is 30.9 Å². The molecule has 0 fully saturated rings. The SMILES string of the molecule is CCCCOc1ccc(-c2nc3s/c(=C\c4ccc(OCc5ccccc5)cc4)c(=O)n3n2)cc1. The van der Waals surface area contributed by atoms with Crippen LogP contribution in [0.15, 0.2) is 83.7 Å². The molecule has 0 aliphatic carbocycles. The fourth-order valence-corrected chi connectivity index (χ4v) is 4.45. The Bertz CT molecular complexity index is 1510. The maximum absolute atomic E-state index is 12.9. The zero-order valence-electron chi connectivity index (χ0n) is 19.4. The number of ether oxygens (including phenoxy) is 2. The van der Waals surface area contributed by atoms with Crippen molar-refractivity contribution in [1.82, 2.24) is 14.6 Å². The molecule has 5 rings (SSSR count). The Morgan fingerprint density at radius 1 is 0.914 bits per heavy atom. The van der Waals surface area contributed by atoms with Crippen molar-refractivity contribution in [3.8, 4) is 22.9 Å². The summed E-state index contributed by atoms with van der Waals surface area (Å²) < 4.78 is 13.5. The van der Waals surface area contributed by atoms with E-state index < -0.39 is 0 Å². The summed E-state index contributed by atoms with van der Waals surface area (Å²) in [7, 11) is 0. The highest BCUT2D eigenvalue weighted by atomic mass is 32.1. The molecule has 0 atom stereocenters. The Kier molecular flexibility index (Phi) is 6.86.